The topological polar surface area (TPSA) is 58.9 Å². The van der Waals surface area contributed by atoms with Crippen molar-refractivity contribution in [2.75, 3.05) is 0 Å². The first-order chi connectivity index (χ1) is 7.98. The summed E-state index contributed by atoms with van der Waals surface area (Å²) in [6.07, 6.45) is 3.91. The Morgan fingerprint density at radius 2 is 1.88 bits per heavy atom. The zero-order chi connectivity index (χ0) is 12.5. The number of hydrogen-bond donors (Lipinski definition) is 1. The minimum atomic E-state index is -0.747. The molecule has 0 radical (unpaired) electrons. The highest BCUT2D eigenvalue weighted by molar-refractivity contribution is 7.09. The fraction of sp³-hybridized carbons (Fsp3) is 0.417. The largest absolute Gasteiger partial charge is 0.382 e. The molecule has 0 amide bonds. The van der Waals surface area contributed by atoms with Gasteiger partial charge >= 0.3 is 0 Å². The standard InChI is InChI=1S/C12H15N3OS/c1-12(2,3)11-15-9(6-17-11)10(16)8-4-13-7-14-5-8/h4-7,10,16H,1-3H3. The van der Waals surface area contributed by atoms with E-state index >= 15 is 0 Å². The molecule has 0 saturated carbocycles. The Morgan fingerprint density at radius 1 is 1.24 bits per heavy atom. The van der Waals surface area contributed by atoms with Gasteiger partial charge in [-0.3, -0.25) is 0 Å². The van der Waals surface area contributed by atoms with Crippen LogP contribution in [-0.2, 0) is 5.41 Å². The van der Waals surface area contributed by atoms with Crippen molar-refractivity contribution in [3.8, 4) is 0 Å². The third-order valence-corrected chi connectivity index (χ3v) is 3.63. The molecule has 0 aliphatic heterocycles. The average Bonchev–Trinajstić information content (AvgIpc) is 2.78. The highest BCUT2D eigenvalue weighted by atomic mass is 32.1. The molecule has 5 heteroatoms. The smallest absolute Gasteiger partial charge is 0.125 e. The van der Waals surface area contributed by atoms with E-state index in [4.69, 9.17) is 0 Å². The fourth-order valence-corrected chi connectivity index (χ4v) is 2.30. The van der Waals surface area contributed by atoms with E-state index in [0.717, 1.165) is 5.01 Å². The molecule has 0 bridgehead atoms. The summed E-state index contributed by atoms with van der Waals surface area (Å²) in [5, 5.41) is 13.0. The lowest BCUT2D eigenvalue weighted by Gasteiger charge is -2.14. The third-order valence-electron chi connectivity index (χ3n) is 2.34. The second-order valence-electron chi connectivity index (χ2n) is 4.90. The van der Waals surface area contributed by atoms with Gasteiger partial charge in [0.05, 0.1) is 10.7 Å². The van der Waals surface area contributed by atoms with Gasteiger partial charge in [-0.2, -0.15) is 0 Å². The van der Waals surface area contributed by atoms with Crippen molar-refractivity contribution in [3.05, 3.63) is 40.4 Å². The highest BCUT2D eigenvalue weighted by Gasteiger charge is 2.21. The van der Waals surface area contributed by atoms with E-state index in [0.29, 0.717) is 11.3 Å². The molecule has 2 rings (SSSR count). The fourth-order valence-electron chi connectivity index (χ4n) is 1.38. The summed E-state index contributed by atoms with van der Waals surface area (Å²) in [5.41, 5.74) is 1.34. The third kappa shape index (κ3) is 2.68. The van der Waals surface area contributed by atoms with Gasteiger partial charge in [0.2, 0.25) is 0 Å². The van der Waals surface area contributed by atoms with Crippen LogP contribution >= 0.6 is 11.3 Å². The molecule has 0 aliphatic carbocycles. The number of nitrogens with zero attached hydrogens (tertiary/aromatic N) is 3. The lowest BCUT2D eigenvalue weighted by atomic mass is 9.98. The Labute approximate surface area is 104 Å². The van der Waals surface area contributed by atoms with Gasteiger partial charge < -0.3 is 5.11 Å². The van der Waals surface area contributed by atoms with E-state index in [9.17, 15) is 5.11 Å². The van der Waals surface area contributed by atoms with Crippen molar-refractivity contribution in [1.82, 2.24) is 15.0 Å². The lowest BCUT2D eigenvalue weighted by molar-refractivity contribution is 0.214. The van der Waals surface area contributed by atoms with E-state index < -0.39 is 6.10 Å². The van der Waals surface area contributed by atoms with Crippen LogP contribution in [0.2, 0.25) is 0 Å². The van der Waals surface area contributed by atoms with Crippen molar-refractivity contribution in [2.45, 2.75) is 32.3 Å². The minimum Gasteiger partial charge on any atom is -0.382 e. The normalized spacial score (nSPS) is 13.6. The Bertz CT molecular complexity index is 490. The predicted octanol–water partition coefficient (Wildman–Crippen LogP) is 2.31. The minimum absolute atomic E-state index is 0.00975. The molecule has 1 N–H and O–H groups in total. The quantitative estimate of drug-likeness (QED) is 0.887. The SMILES string of the molecule is CC(C)(C)c1nc(C(O)c2cncnc2)cs1. The zero-order valence-corrected chi connectivity index (χ0v) is 10.9. The first-order valence-electron chi connectivity index (χ1n) is 5.37. The number of thiazole rings is 1. The van der Waals surface area contributed by atoms with E-state index in [1.807, 2.05) is 5.38 Å². The number of aromatic nitrogens is 3. The van der Waals surface area contributed by atoms with Gasteiger partial charge in [0.25, 0.3) is 0 Å². The summed E-state index contributed by atoms with van der Waals surface area (Å²) in [6.45, 7) is 6.31. The van der Waals surface area contributed by atoms with Crippen LogP contribution in [0.4, 0.5) is 0 Å². The number of aliphatic hydroxyl groups is 1. The summed E-state index contributed by atoms with van der Waals surface area (Å²) in [7, 11) is 0. The van der Waals surface area contributed by atoms with Crippen LogP contribution < -0.4 is 0 Å². The Balaban J connectivity index is 2.27. The monoisotopic (exact) mass is 249 g/mol. The van der Waals surface area contributed by atoms with Gasteiger partial charge in [-0.05, 0) is 0 Å². The van der Waals surface area contributed by atoms with Crippen LogP contribution in [0.3, 0.4) is 0 Å². The number of rotatable bonds is 2. The Hall–Kier alpha value is -1.33. The maximum Gasteiger partial charge on any atom is 0.125 e. The summed E-state index contributed by atoms with van der Waals surface area (Å²) in [5.74, 6) is 0. The molecule has 2 aromatic rings. The van der Waals surface area contributed by atoms with E-state index in [2.05, 4.69) is 35.7 Å². The van der Waals surface area contributed by atoms with Crippen molar-refractivity contribution < 1.29 is 5.11 Å². The first kappa shape index (κ1) is 12.1. The van der Waals surface area contributed by atoms with Crippen LogP contribution in [0, 0.1) is 0 Å². The Kier molecular flexibility index (Phi) is 3.22. The molecule has 0 aromatic carbocycles. The summed E-state index contributed by atoms with van der Waals surface area (Å²) < 4.78 is 0. The van der Waals surface area contributed by atoms with E-state index in [1.165, 1.54) is 6.33 Å². The van der Waals surface area contributed by atoms with Gasteiger partial charge in [0.15, 0.2) is 0 Å². The lowest BCUT2D eigenvalue weighted by Crippen LogP contribution is -2.11. The van der Waals surface area contributed by atoms with Gasteiger partial charge in [0, 0.05) is 28.8 Å². The maximum atomic E-state index is 10.1. The average molecular weight is 249 g/mol. The predicted molar refractivity (Wildman–Crippen MR) is 66.9 cm³/mol. The van der Waals surface area contributed by atoms with Crippen LogP contribution in [0.1, 0.15) is 43.1 Å². The van der Waals surface area contributed by atoms with E-state index in [-0.39, 0.29) is 5.41 Å². The molecule has 1 atom stereocenters. The van der Waals surface area contributed by atoms with Gasteiger partial charge in [-0.15, -0.1) is 11.3 Å². The van der Waals surface area contributed by atoms with Crippen LogP contribution in [-0.4, -0.2) is 20.1 Å². The first-order valence-corrected chi connectivity index (χ1v) is 6.25. The van der Waals surface area contributed by atoms with Gasteiger partial charge in [-0.25, -0.2) is 15.0 Å². The summed E-state index contributed by atoms with van der Waals surface area (Å²) >= 11 is 1.57. The second kappa shape index (κ2) is 4.50. The molecule has 2 heterocycles. The molecule has 0 aliphatic rings. The van der Waals surface area contributed by atoms with Gasteiger partial charge in [-0.1, -0.05) is 20.8 Å². The second-order valence-corrected chi connectivity index (χ2v) is 5.76. The molecule has 90 valence electrons. The molecule has 1 unspecified atom stereocenters. The Morgan fingerprint density at radius 3 is 2.41 bits per heavy atom. The maximum absolute atomic E-state index is 10.1. The van der Waals surface area contributed by atoms with Crippen LogP contribution in [0.5, 0.6) is 0 Å². The van der Waals surface area contributed by atoms with Crippen LogP contribution in [0.15, 0.2) is 24.1 Å². The zero-order valence-electron chi connectivity index (χ0n) is 10.1. The molecule has 17 heavy (non-hydrogen) atoms. The molecule has 4 nitrogen and oxygen atoms in total. The molecular weight excluding hydrogens is 234 g/mol. The van der Waals surface area contributed by atoms with Gasteiger partial charge in [0.1, 0.15) is 12.4 Å². The summed E-state index contributed by atoms with van der Waals surface area (Å²) in [4.78, 5) is 12.3. The van der Waals surface area contributed by atoms with E-state index in [1.54, 1.807) is 23.7 Å². The molecular formula is C12H15N3OS. The number of aliphatic hydroxyl groups excluding tert-OH is 1. The van der Waals surface area contributed by atoms with Crippen molar-refractivity contribution in [1.29, 1.82) is 0 Å². The van der Waals surface area contributed by atoms with Crippen molar-refractivity contribution >= 4 is 11.3 Å². The molecule has 0 fully saturated rings. The molecule has 0 saturated heterocycles. The number of hydrogen-bond acceptors (Lipinski definition) is 5. The van der Waals surface area contributed by atoms with Crippen LogP contribution in [0.25, 0.3) is 0 Å². The van der Waals surface area contributed by atoms with Crippen molar-refractivity contribution in [3.63, 3.8) is 0 Å². The molecule has 0 spiro atoms. The highest BCUT2D eigenvalue weighted by Crippen LogP contribution is 2.29. The summed E-state index contributed by atoms with van der Waals surface area (Å²) in [6, 6.07) is 0. The van der Waals surface area contributed by atoms with Crippen molar-refractivity contribution in [2.24, 2.45) is 0 Å². The molecule has 2 aromatic heterocycles.